The van der Waals surface area contributed by atoms with Gasteiger partial charge < -0.3 is 19.8 Å². The van der Waals surface area contributed by atoms with Gasteiger partial charge in [-0.25, -0.2) is 0 Å². The highest BCUT2D eigenvalue weighted by Crippen LogP contribution is 2.31. The molecule has 2 N–H and O–H groups in total. The van der Waals surface area contributed by atoms with Crippen molar-refractivity contribution in [1.29, 1.82) is 0 Å². The van der Waals surface area contributed by atoms with Gasteiger partial charge in [-0.15, -0.1) is 0 Å². The Morgan fingerprint density at radius 1 is 1.07 bits per heavy atom. The molecule has 28 heavy (non-hydrogen) atoms. The van der Waals surface area contributed by atoms with E-state index in [9.17, 15) is 19.8 Å². The molecular formula is C21H22BrNO5. The van der Waals surface area contributed by atoms with Crippen LogP contribution in [-0.4, -0.2) is 51.8 Å². The first-order valence-corrected chi connectivity index (χ1v) is 9.87. The van der Waals surface area contributed by atoms with Gasteiger partial charge in [0, 0.05) is 23.1 Å². The van der Waals surface area contributed by atoms with Gasteiger partial charge in [0.15, 0.2) is 0 Å². The van der Waals surface area contributed by atoms with Crippen LogP contribution in [0.5, 0.6) is 5.75 Å². The molecule has 1 atom stereocenters. The number of hydrogen-bond acceptors (Lipinski definition) is 4. The summed E-state index contributed by atoms with van der Waals surface area (Å²) in [6.07, 6.45) is -0.705. The number of amides is 1. The molecule has 0 aliphatic carbocycles. The molecule has 3 rings (SSSR count). The number of hydrogen-bond donors (Lipinski definition) is 2. The van der Waals surface area contributed by atoms with Crippen molar-refractivity contribution in [3.63, 3.8) is 0 Å². The third kappa shape index (κ3) is 4.91. The van der Waals surface area contributed by atoms with Crippen LogP contribution >= 0.6 is 15.9 Å². The summed E-state index contributed by atoms with van der Waals surface area (Å²) in [7, 11) is 0. The van der Waals surface area contributed by atoms with Crippen molar-refractivity contribution in [3.05, 3.63) is 64.6 Å². The molecule has 0 saturated carbocycles. The van der Waals surface area contributed by atoms with Crippen LogP contribution in [0, 0.1) is 0 Å². The molecule has 1 saturated heterocycles. The van der Waals surface area contributed by atoms with Crippen molar-refractivity contribution in [1.82, 2.24) is 4.90 Å². The Morgan fingerprint density at radius 2 is 1.68 bits per heavy atom. The number of para-hydroxylation sites is 1. The number of carbonyl (C=O) groups is 2. The lowest BCUT2D eigenvalue weighted by Gasteiger charge is -2.42. The van der Waals surface area contributed by atoms with Gasteiger partial charge in [0.25, 0.3) is 5.91 Å². The predicted octanol–water partition coefficient (Wildman–Crippen LogP) is 3.34. The Balaban J connectivity index is 1.69. The minimum absolute atomic E-state index is 0.103. The number of piperidine rings is 1. The summed E-state index contributed by atoms with van der Waals surface area (Å²) in [4.78, 5) is 25.7. The van der Waals surface area contributed by atoms with Gasteiger partial charge >= 0.3 is 5.97 Å². The fourth-order valence-corrected chi connectivity index (χ4v) is 3.62. The highest BCUT2D eigenvalue weighted by atomic mass is 79.9. The van der Waals surface area contributed by atoms with Gasteiger partial charge in [-0.2, -0.15) is 0 Å². The molecule has 148 valence electrons. The monoisotopic (exact) mass is 447 g/mol. The van der Waals surface area contributed by atoms with E-state index in [0.29, 0.717) is 24.4 Å². The first-order chi connectivity index (χ1) is 13.4. The number of aliphatic hydroxyl groups is 1. The van der Waals surface area contributed by atoms with Gasteiger partial charge in [0.1, 0.15) is 17.5 Å². The van der Waals surface area contributed by atoms with Crippen molar-refractivity contribution in [2.45, 2.75) is 31.0 Å². The molecule has 2 aromatic carbocycles. The van der Waals surface area contributed by atoms with Crippen molar-refractivity contribution in [3.8, 4) is 5.75 Å². The van der Waals surface area contributed by atoms with Crippen molar-refractivity contribution in [2.75, 3.05) is 13.1 Å². The van der Waals surface area contributed by atoms with Crippen LogP contribution in [0.1, 0.15) is 29.6 Å². The summed E-state index contributed by atoms with van der Waals surface area (Å²) in [5, 5.41) is 20.4. The molecule has 1 unspecified atom stereocenters. The highest BCUT2D eigenvalue weighted by Gasteiger charge is 2.43. The van der Waals surface area contributed by atoms with Crippen LogP contribution in [-0.2, 0) is 4.79 Å². The third-order valence-corrected chi connectivity index (χ3v) is 5.52. The minimum Gasteiger partial charge on any atom is -0.487 e. The van der Waals surface area contributed by atoms with E-state index >= 15 is 0 Å². The normalized spacial score (nSPS) is 17.0. The Bertz CT molecular complexity index is 816. The quantitative estimate of drug-likeness (QED) is 0.708. The van der Waals surface area contributed by atoms with Gasteiger partial charge in [0.2, 0.25) is 0 Å². The minimum atomic E-state index is -1.31. The summed E-state index contributed by atoms with van der Waals surface area (Å²) >= 11 is 3.35. The van der Waals surface area contributed by atoms with E-state index in [-0.39, 0.29) is 25.2 Å². The number of likely N-dealkylation sites (tertiary alicyclic amines) is 1. The van der Waals surface area contributed by atoms with Gasteiger partial charge in [-0.05, 0) is 49.2 Å². The summed E-state index contributed by atoms with van der Waals surface area (Å²) in [5.41, 5.74) is -0.735. The van der Waals surface area contributed by atoms with Crippen LogP contribution in [0.25, 0.3) is 0 Å². The molecule has 2 aromatic rings. The smallest absolute Gasteiger partial charge is 0.307 e. The summed E-state index contributed by atoms with van der Waals surface area (Å²) < 4.78 is 6.72. The first-order valence-electron chi connectivity index (χ1n) is 9.08. The lowest BCUT2D eigenvalue weighted by molar-refractivity contribution is -0.147. The fraction of sp³-hybridized carbons (Fsp3) is 0.333. The maximum Gasteiger partial charge on any atom is 0.307 e. The van der Waals surface area contributed by atoms with Gasteiger partial charge in [-0.1, -0.05) is 34.1 Å². The van der Waals surface area contributed by atoms with Gasteiger partial charge in [-0.3, -0.25) is 9.59 Å². The largest absolute Gasteiger partial charge is 0.487 e. The van der Waals surface area contributed by atoms with Crippen LogP contribution < -0.4 is 4.74 Å². The van der Waals surface area contributed by atoms with E-state index in [4.69, 9.17) is 4.74 Å². The summed E-state index contributed by atoms with van der Waals surface area (Å²) in [6, 6.07) is 16.0. The van der Waals surface area contributed by atoms with E-state index < -0.39 is 17.7 Å². The number of halogens is 1. The molecule has 1 heterocycles. The number of carboxylic acid groups (broad SMARTS) is 1. The maximum absolute atomic E-state index is 12.7. The Kier molecular flexibility index (Phi) is 6.36. The van der Waals surface area contributed by atoms with E-state index in [2.05, 4.69) is 15.9 Å². The zero-order chi connectivity index (χ0) is 20.1. The van der Waals surface area contributed by atoms with Crippen LogP contribution in [0.3, 0.4) is 0 Å². The number of rotatable bonds is 6. The van der Waals surface area contributed by atoms with Crippen LogP contribution in [0.4, 0.5) is 0 Å². The number of carbonyl (C=O) groups excluding carboxylic acids is 1. The topological polar surface area (TPSA) is 87.1 Å². The predicted molar refractivity (Wildman–Crippen MR) is 107 cm³/mol. The second-order valence-electron chi connectivity index (χ2n) is 6.92. The molecule has 0 radical (unpaired) electrons. The lowest BCUT2D eigenvalue weighted by Crippen LogP contribution is -2.55. The highest BCUT2D eigenvalue weighted by molar-refractivity contribution is 9.10. The fourth-order valence-electron chi connectivity index (χ4n) is 3.36. The molecule has 1 amide bonds. The first kappa shape index (κ1) is 20.4. The van der Waals surface area contributed by atoms with Gasteiger partial charge in [0.05, 0.1) is 6.42 Å². The average Bonchev–Trinajstić information content (AvgIpc) is 2.69. The summed E-state index contributed by atoms with van der Waals surface area (Å²) in [5.74, 6) is -0.633. The molecule has 0 aromatic heterocycles. The molecule has 1 fully saturated rings. The Hall–Kier alpha value is -2.38. The van der Waals surface area contributed by atoms with Crippen LogP contribution in [0.15, 0.2) is 59.1 Å². The van der Waals surface area contributed by atoms with E-state index in [1.165, 1.54) is 0 Å². The second kappa shape index (κ2) is 8.75. The van der Waals surface area contributed by atoms with E-state index in [1.54, 1.807) is 41.3 Å². The molecule has 1 aliphatic heterocycles. The van der Waals surface area contributed by atoms with E-state index in [1.807, 2.05) is 18.2 Å². The SMILES string of the molecule is O=C(O)CC(Oc1ccccc1)C1(O)CCN(C(=O)c2ccc(Br)cc2)CC1. The zero-order valence-electron chi connectivity index (χ0n) is 15.3. The molecule has 1 aliphatic rings. The summed E-state index contributed by atoms with van der Waals surface area (Å²) in [6.45, 7) is 0.666. The molecule has 0 spiro atoms. The standard InChI is InChI=1S/C21H22BrNO5/c22-16-8-6-15(7-9-16)20(26)23-12-10-21(27,11-13-23)18(14-19(24)25)28-17-4-2-1-3-5-17/h1-9,18,27H,10-14H2,(H,24,25). The van der Waals surface area contributed by atoms with Crippen molar-refractivity contribution in [2.24, 2.45) is 0 Å². The van der Waals surface area contributed by atoms with Crippen LogP contribution in [0.2, 0.25) is 0 Å². The molecule has 6 nitrogen and oxygen atoms in total. The molecule has 7 heteroatoms. The molecule has 0 bridgehead atoms. The zero-order valence-corrected chi connectivity index (χ0v) is 16.8. The number of aliphatic carboxylic acids is 1. The number of nitrogens with zero attached hydrogens (tertiary/aromatic N) is 1. The number of benzene rings is 2. The van der Waals surface area contributed by atoms with Crippen molar-refractivity contribution < 1.29 is 24.5 Å². The molecular weight excluding hydrogens is 426 g/mol. The number of ether oxygens (including phenoxy) is 1. The van der Waals surface area contributed by atoms with Crippen molar-refractivity contribution >= 4 is 27.8 Å². The Labute approximate surface area is 171 Å². The maximum atomic E-state index is 12.7. The third-order valence-electron chi connectivity index (χ3n) is 4.99. The van der Waals surface area contributed by atoms with E-state index in [0.717, 1.165) is 4.47 Å². The second-order valence-corrected chi connectivity index (χ2v) is 7.84. The Morgan fingerprint density at radius 3 is 2.25 bits per heavy atom. The lowest BCUT2D eigenvalue weighted by atomic mass is 9.84. The average molecular weight is 448 g/mol. The number of carboxylic acids is 1.